The van der Waals surface area contributed by atoms with Crippen LogP contribution in [-0.2, 0) is 0 Å². The Morgan fingerprint density at radius 3 is 2.88 bits per heavy atom. The minimum absolute atomic E-state index is 0.795. The van der Waals surface area contributed by atoms with Gasteiger partial charge in [0.05, 0.1) is 11.4 Å². The molecule has 0 spiro atoms. The highest BCUT2D eigenvalue weighted by atomic mass is 15.2. The summed E-state index contributed by atoms with van der Waals surface area (Å²) in [5.41, 5.74) is 4.10. The normalized spacial score (nSPS) is 20.7. The molecule has 3 rings (SSSR count). The number of nitrogens with zero attached hydrogens (tertiary/aromatic N) is 1. The first-order chi connectivity index (χ1) is 7.84. The van der Waals surface area contributed by atoms with Gasteiger partial charge < -0.3 is 10.2 Å². The van der Waals surface area contributed by atoms with Gasteiger partial charge in [0.15, 0.2) is 0 Å². The van der Waals surface area contributed by atoms with E-state index in [1.165, 1.54) is 49.2 Å². The van der Waals surface area contributed by atoms with Gasteiger partial charge in [0.25, 0.3) is 0 Å². The highest BCUT2D eigenvalue weighted by Crippen LogP contribution is 2.35. The summed E-state index contributed by atoms with van der Waals surface area (Å²) in [5, 5.41) is 3.52. The van der Waals surface area contributed by atoms with Crippen LogP contribution < -0.4 is 10.2 Å². The monoisotopic (exact) mass is 216 g/mol. The van der Waals surface area contributed by atoms with Gasteiger partial charge >= 0.3 is 0 Å². The molecule has 86 valence electrons. The second kappa shape index (κ2) is 4.00. The number of aryl methyl sites for hydroxylation is 1. The van der Waals surface area contributed by atoms with E-state index in [1.54, 1.807) is 0 Å². The molecule has 0 bridgehead atoms. The molecule has 0 aromatic heterocycles. The van der Waals surface area contributed by atoms with E-state index < -0.39 is 0 Å². The highest BCUT2D eigenvalue weighted by Gasteiger charge is 2.26. The van der Waals surface area contributed by atoms with Crippen LogP contribution in [0.2, 0.25) is 0 Å². The van der Waals surface area contributed by atoms with Crippen molar-refractivity contribution in [2.75, 3.05) is 23.3 Å². The average molecular weight is 216 g/mol. The highest BCUT2D eigenvalue weighted by molar-refractivity contribution is 5.73. The molecule has 0 unspecified atom stereocenters. The van der Waals surface area contributed by atoms with Crippen molar-refractivity contribution in [3.05, 3.63) is 23.8 Å². The standard InChI is InChI=1S/C14H20N2/c1-11-6-7-14-13(10-11)15-8-9-16(14)12-4-2-3-5-12/h6-7,10,12,15H,2-5,8-9H2,1H3. The Morgan fingerprint density at radius 2 is 2.06 bits per heavy atom. The summed E-state index contributed by atoms with van der Waals surface area (Å²) < 4.78 is 0. The van der Waals surface area contributed by atoms with Crippen LogP contribution in [0.3, 0.4) is 0 Å². The Balaban J connectivity index is 1.93. The minimum Gasteiger partial charge on any atom is -0.382 e. The Bertz CT molecular complexity index is 380. The molecule has 2 heteroatoms. The number of nitrogens with one attached hydrogen (secondary N) is 1. The fourth-order valence-electron chi connectivity index (χ4n) is 3.07. The maximum absolute atomic E-state index is 3.52. The van der Waals surface area contributed by atoms with Crippen molar-refractivity contribution in [1.82, 2.24) is 0 Å². The van der Waals surface area contributed by atoms with Gasteiger partial charge in [-0.25, -0.2) is 0 Å². The lowest BCUT2D eigenvalue weighted by Gasteiger charge is -2.36. The Hall–Kier alpha value is -1.18. The summed E-state index contributed by atoms with van der Waals surface area (Å²) in [6.07, 6.45) is 5.59. The zero-order valence-corrected chi connectivity index (χ0v) is 10.00. The Morgan fingerprint density at radius 1 is 1.25 bits per heavy atom. The predicted octanol–water partition coefficient (Wildman–Crippen LogP) is 3.17. The number of hydrogen-bond donors (Lipinski definition) is 1. The zero-order chi connectivity index (χ0) is 11.0. The molecule has 1 N–H and O–H groups in total. The molecule has 1 aliphatic heterocycles. The van der Waals surface area contributed by atoms with Crippen molar-refractivity contribution in [1.29, 1.82) is 0 Å². The first-order valence-electron chi connectivity index (χ1n) is 6.46. The van der Waals surface area contributed by atoms with Crippen molar-refractivity contribution in [2.45, 2.75) is 38.6 Å². The summed E-state index contributed by atoms with van der Waals surface area (Å²) in [6.45, 7) is 4.42. The van der Waals surface area contributed by atoms with Gasteiger partial charge in [-0.3, -0.25) is 0 Å². The van der Waals surface area contributed by atoms with E-state index in [0.717, 1.165) is 12.6 Å². The number of fused-ring (bicyclic) bond motifs is 1. The van der Waals surface area contributed by atoms with Crippen LogP contribution in [0.25, 0.3) is 0 Å². The Labute approximate surface area is 97.6 Å². The third kappa shape index (κ3) is 1.66. The van der Waals surface area contributed by atoms with E-state index in [0.29, 0.717) is 0 Å². The zero-order valence-electron chi connectivity index (χ0n) is 10.00. The number of benzene rings is 1. The van der Waals surface area contributed by atoms with Gasteiger partial charge in [0.1, 0.15) is 0 Å². The van der Waals surface area contributed by atoms with Crippen LogP contribution >= 0.6 is 0 Å². The van der Waals surface area contributed by atoms with Crippen LogP contribution in [0.15, 0.2) is 18.2 Å². The second-order valence-corrected chi connectivity index (χ2v) is 5.08. The molecule has 2 aliphatic rings. The molecule has 16 heavy (non-hydrogen) atoms. The van der Waals surface area contributed by atoms with E-state index in [1.807, 2.05) is 0 Å². The quantitative estimate of drug-likeness (QED) is 0.775. The maximum Gasteiger partial charge on any atom is 0.0605 e. The molecule has 0 saturated heterocycles. The topological polar surface area (TPSA) is 15.3 Å². The molecule has 1 heterocycles. The van der Waals surface area contributed by atoms with Crippen molar-refractivity contribution >= 4 is 11.4 Å². The average Bonchev–Trinajstić information content (AvgIpc) is 2.81. The van der Waals surface area contributed by atoms with Gasteiger partial charge in [-0.2, -0.15) is 0 Å². The number of rotatable bonds is 1. The number of anilines is 2. The summed E-state index contributed by atoms with van der Waals surface area (Å²) in [5.74, 6) is 0. The smallest absolute Gasteiger partial charge is 0.0605 e. The lowest BCUT2D eigenvalue weighted by Crippen LogP contribution is -2.40. The Kier molecular flexibility index (Phi) is 2.50. The lowest BCUT2D eigenvalue weighted by atomic mass is 10.1. The number of hydrogen-bond acceptors (Lipinski definition) is 2. The molecule has 1 aliphatic carbocycles. The van der Waals surface area contributed by atoms with E-state index in [9.17, 15) is 0 Å². The van der Waals surface area contributed by atoms with Crippen molar-refractivity contribution in [3.63, 3.8) is 0 Å². The molecule has 0 atom stereocenters. The minimum atomic E-state index is 0.795. The van der Waals surface area contributed by atoms with E-state index in [2.05, 4.69) is 35.3 Å². The molecule has 1 aromatic rings. The SMILES string of the molecule is Cc1ccc2c(c1)NCCN2C1CCCC1. The fourth-order valence-corrected chi connectivity index (χ4v) is 3.07. The van der Waals surface area contributed by atoms with Crippen LogP contribution in [0.4, 0.5) is 11.4 Å². The molecule has 1 aromatic carbocycles. The first kappa shape index (κ1) is 10.0. The third-order valence-electron chi connectivity index (χ3n) is 3.90. The van der Waals surface area contributed by atoms with Crippen LogP contribution in [0.5, 0.6) is 0 Å². The van der Waals surface area contributed by atoms with Gasteiger partial charge in [-0.15, -0.1) is 0 Å². The summed E-state index contributed by atoms with van der Waals surface area (Å²) in [4.78, 5) is 2.62. The van der Waals surface area contributed by atoms with E-state index in [4.69, 9.17) is 0 Å². The molecular formula is C14H20N2. The van der Waals surface area contributed by atoms with E-state index in [-0.39, 0.29) is 0 Å². The van der Waals surface area contributed by atoms with E-state index >= 15 is 0 Å². The van der Waals surface area contributed by atoms with Crippen molar-refractivity contribution in [2.24, 2.45) is 0 Å². The summed E-state index contributed by atoms with van der Waals surface area (Å²) in [6, 6.07) is 7.59. The van der Waals surface area contributed by atoms with Gasteiger partial charge in [-0.05, 0) is 37.5 Å². The third-order valence-corrected chi connectivity index (χ3v) is 3.90. The fraction of sp³-hybridized carbons (Fsp3) is 0.571. The largest absolute Gasteiger partial charge is 0.382 e. The molecular weight excluding hydrogens is 196 g/mol. The predicted molar refractivity (Wildman–Crippen MR) is 69.3 cm³/mol. The molecule has 0 radical (unpaired) electrons. The van der Waals surface area contributed by atoms with Gasteiger partial charge in [0.2, 0.25) is 0 Å². The van der Waals surface area contributed by atoms with Crippen molar-refractivity contribution in [3.8, 4) is 0 Å². The molecule has 1 fully saturated rings. The first-order valence-corrected chi connectivity index (χ1v) is 6.46. The molecule has 2 nitrogen and oxygen atoms in total. The van der Waals surface area contributed by atoms with Crippen LogP contribution in [0.1, 0.15) is 31.2 Å². The molecule has 0 amide bonds. The summed E-state index contributed by atoms with van der Waals surface area (Å²) in [7, 11) is 0. The lowest BCUT2D eigenvalue weighted by molar-refractivity contribution is 0.606. The summed E-state index contributed by atoms with van der Waals surface area (Å²) >= 11 is 0. The molecule has 1 saturated carbocycles. The van der Waals surface area contributed by atoms with Crippen LogP contribution in [-0.4, -0.2) is 19.1 Å². The van der Waals surface area contributed by atoms with Crippen molar-refractivity contribution < 1.29 is 0 Å². The maximum atomic E-state index is 3.52. The van der Waals surface area contributed by atoms with Gasteiger partial charge in [0, 0.05) is 19.1 Å². The second-order valence-electron chi connectivity index (χ2n) is 5.08. The van der Waals surface area contributed by atoms with Gasteiger partial charge in [-0.1, -0.05) is 18.9 Å². The van der Waals surface area contributed by atoms with Crippen LogP contribution in [0, 0.1) is 6.92 Å².